The van der Waals surface area contributed by atoms with Crippen LogP contribution in [0.1, 0.15) is 54.5 Å². The standard InChI is InChI=1S/C28H34N2O4/c1-3-25(28(32)29-13-15-33-16-14-29)34-23-10-9-20-11-12-30(27(31)21-7-8-21)26(24(20)18-23)22-6-4-5-19(2)17-22/h4-6,9-10,17-18,21,25-26H,3,7-8,11-16H2,1-2H3/t25-,26+/m1/s1. The monoisotopic (exact) mass is 462 g/mol. The van der Waals surface area contributed by atoms with Crippen LogP contribution in [0.15, 0.2) is 42.5 Å². The Labute approximate surface area is 201 Å². The van der Waals surface area contributed by atoms with Crippen molar-refractivity contribution in [1.29, 1.82) is 0 Å². The molecule has 0 radical (unpaired) electrons. The first kappa shape index (κ1) is 22.9. The molecule has 34 heavy (non-hydrogen) atoms. The van der Waals surface area contributed by atoms with E-state index in [1.165, 1.54) is 11.1 Å². The predicted molar refractivity (Wildman–Crippen MR) is 130 cm³/mol. The molecule has 0 N–H and O–H groups in total. The third-order valence-corrected chi connectivity index (χ3v) is 7.16. The minimum absolute atomic E-state index is 0.0179. The van der Waals surface area contributed by atoms with Gasteiger partial charge in [-0.3, -0.25) is 9.59 Å². The molecule has 2 aromatic carbocycles. The SMILES string of the molecule is CC[C@@H](Oc1ccc2c(c1)[C@H](c1cccc(C)c1)N(C(=O)C1CC1)CC2)C(=O)N1CCOCC1. The van der Waals surface area contributed by atoms with Crippen molar-refractivity contribution in [1.82, 2.24) is 9.80 Å². The minimum atomic E-state index is -0.527. The molecule has 0 bridgehead atoms. The third kappa shape index (κ3) is 4.69. The fourth-order valence-electron chi connectivity index (χ4n) is 5.13. The van der Waals surface area contributed by atoms with Gasteiger partial charge in [0.15, 0.2) is 6.10 Å². The van der Waals surface area contributed by atoms with E-state index in [9.17, 15) is 9.59 Å². The Bertz CT molecular complexity index is 1060. The van der Waals surface area contributed by atoms with Crippen LogP contribution in [-0.2, 0) is 20.7 Å². The molecule has 1 saturated heterocycles. The predicted octanol–water partition coefficient (Wildman–Crippen LogP) is 3.90. The second-order valence-electron chi connectivity index (χ2n) is 9.69. The maximum absolute atomic E-state index is 13.2. The van der Waals surface area contributed by atoms with Gasteiger partial charge >= 0.3 is 0 Å². The first-order valence-electron chi connectivity index (χ1n) is 12.6. The molecule has 2 fully saturated rings. The zero-order valence-electron chi connectivity index (χ0n) is 20.2. The molecule has 6 nitrogen and oxygen atoms in total. The van der Waals surface area contributed by atoms with Crippen LogP contribution < -0.4 is 4.74 Å². The van der Waals surface area contributed by atoms with E-state index >= 15 is 0 Å². The zero-order valence-corrected chi connectivity index (χ0v) is 20.2. The highest BCUT2D eigenvalue weighted by atomic mass is 16.5. The molecule has 3 aliphatic rings. The third-order valence-electron chi connectivity index (χ3n) is 7.16. The van der Waals surface area contributed by atoms with Crippen molar-refractivity contribution < 1.29 is 19.1 Å². The Hall–Kier alpha value is -2.86. The number of morpholine rings is 1. The Morgan fingerprint density at radius 2 is 1.88 bits per heavy atom. The van der Waals surface area contributed by atoms with Gasteiger partial charge in [-0.15, -0.1) is 0 Å². The highest BCUT2D eigenvalue weighted by molar-refractivity contribution is 5.83. The number of carbonyl (C=O) groups is 2. The average Bonchev–Trinajstić information content (AvgIpc) is 3.72. The van der Waals surface area contributed by atoms with Crippen LogP contribution in [-0.4, -0.2) is 60.6 Å². The number of aryl methyl sites for hydroxylation is 1. The summed E-state index contributed by atoms with van der Waals surface area (Å²) in [6.45, 7) is 7.16. The van der Waals surface area contributed by atoms with Crippen molar-refractivity contribution >= 4 is 11.8 Å². The van der Waals surface area contributed by atoms with Crippen LogP contribution >= 0.6 is 0 Å². The van der Waals surface area contributed by atoms with Gasteiger partial charge in [-0.1, -0.05) is 42.8 Å². The molecule has 2 amide bonds. The van der Waals surface area contributed by atoms with Gasteiger partial charge in [0.1, 0.15) is 5.75 Å². The van der Waals surface area contributed by atoms with E-state index in [0.29, 0.717) is 38.5 Å². The number of rotatable bonds is 6. The molecule has 0 unspecified atom stereocenters. The first-order valence-corrected chi connectivity index (χ1v) is 12.6. The molecule has 1 aliphatic carbocycles. The lowest BCUT2D eigenvalue weighted by molar-refractivity contribution is -0.143. The molecule has 0 aromatic heterocycles. The number of hydrogen-bond donors (Lipinski definition) is 0. The molecule has 2 aromatic rings. The van der Waals surface area contributed by atoms with Crippen LogP contribution in [0.4, 0.5) is 0 Å². The second-order valence-corrected chi connectivity index (χ2v) is 9.69. The molecule has 180 valence electrons. The highest BCUT2D eigenvalue weighted by Crippen LogP contribution is 2.41. The van der Waals surface area contributed by atoms with E-state index in [2.05, 4.69) is 48.2 Å². The van der Waals surface area contributed by atoms with Gasteiger partial charge in [0.05, 0.1) is 19.3 Å². The molecular weight excluding hydrogens is 428 g/mol. The molecule has 2 heterocycles. The minimum Gasteiger partial charge on any atom is -0.481 e. The maximum Gasteiger partial charge on any atom is 0.263 e. The van der Waals surface area contributed by atoms with Crippen LogP contribution in [0.3, 0.4) is 0 Å². The van der Waals surface area contributed by atoms with E-state index in [1.54, 1.807) is 0 Å². The van der Waals surface area contributed by atoms with Gasteiger partial charge in [0.2, 0.25) is 5.91 Å². The Morgan fingerprint density at radius 3 is 2.59 bits per heavy atom. The molecule has 2 atom stereocenters. The van der Waals surface area contributed by atoms with E-state index in [-0.39, 0.29) is 23.8 Å². The van der Waals surface area contributed by atoms with Crippen LogP contribution in [0.25, 0.3) is 0 Å². The van der Waals surface area contributed by atoms with E-state index in [1.807, 2.05) is 17.9 Å². The summed E-state index contributed by atoms with van der Waals surface area (Å²) in [5.41, 5.74) is 4.66. The lowest BCUT2D eigenvalue weighted by atomic mass is 9.87. The van der Waals surface area contributed by atoms with Gasteiger partial charge in [0, 0.05) is 25.6 Å². The lowest BCUT2D eigenvalue weighted by Crippen LogP contribution is -2.47. The smallest absolute Gasteiger partial charge is 0.263 e. The average molecular weight is 463 g/mol. The number of amides is 2. The Morgan fingerprint density at radius 1 is 1.09 bits per heavy atom. The summed E-state index contributed by atoms with van der Waals surface area (Å²) in [6.07, 6.45) is 2.89. The van der Waals surface area contributed by atoms with E-state index in [0.717, 1.165) is 36.9 Å². The normalized spacial score (nSPS) is 21.1. The molecule has 5 rings (SSSR count). The second kappa shape index (κ2) is 9.79. The van der Waals surface area contributed by atoms with Crippen molar-refractivity contribution in [2.75, 3.05) is 32.8 Å². The number of ether oxygens (including phenoxy) is 2. The lowest BCUT2D eigenvalue weighted by Gasteiger charge is -2.38. The van der Waals surface area contributed by atoms with E-state index < -0.39 is 6.10 Å². The van der Waals surface area contributed by atoms with Gasteiger partial charge in [-0.2, -0.15) is 0 Å². The maximum atomic E-state index is 13.2. The van der Waals surface area contributed by atoms with Crippen molar-refractivity contribution in [2.45, 2.75) is 51.7 Å². The summed E-state index contributed by atoms with van der Waals surface area (Å²) in [4.78, 5) is 30.2. The van der Waals surface area contributed by atoms with Crippen LogP contribution in [0, 0.1) is 12.8 Å². The van der Waals surface area contributed by atoms with Gasteiger partial charge < -0.3 is 19.3 Å². The summed E-state index contributed by atoms with van der Waals surface area (Å²) in [5.74, 6) is 1.14. The van der Waals surface area contributed by atoms with Crippen molar-refractivity contribution in [3.63, 3.8) is 0 Å². The summed E-state index contributed by atoms with van der Waals surface area (Å²) < 4.78 is 11.7. The summed E-state index contributed by atoms with van der Waals surface area (Å²) in [5, 5.41) is 0. The fourth-order valence-corrected chi connectivity index (χ4v) is 5.13. The first-order chi connectivity index (χ1) is 16.5. The topological polar surface area (TPSA) is 59.1 Å². The van der Waals surface area contributed by atoms with Gasteiger partial charge in [0.25, 0.3) is 5.91 Å². The Balaban J connectivity index is 1.45. The van der Waals surface area contributed by atoms with Crippen molar-refractivity contribution in [2.24, 2.45) is 5.92 Å². The zero-order chi connectivity index (χ0) is 23.7. The number of nitrogens with zero attached hydrogens (tertiary/aromatic N) is 2. The molecular formula is C28H34N2O4. The molecule has 0 spiro atoms. The van der Waals surface area contributed by atoms with Crippen LogP contribution in [0.5, 0.6) is 5.75 Å². The number of fused-ring (bicyclic) bond motifs is 1. The molecule has 2 aliphatic heterocycles. The number of carbonyl (C=O) groups excluding carboxylic acids is 2. The highest BCUT2D eigenvalue weighted by Gasteiger charge is 2.39. The number of hydrogen-bond acceptors (Lipinski definition) is 4. The van der Waals surface area contributed by atoms with Gasteiger partial charge in [-0.05, 0) is 61.4 Å². The Kier molecular flexibility index (Phi) is 6.59. The van der Waals surface area contributed by atoms with E-state index in [4.69, 9.17) is 9.47 Å². The van der Waals surface area contributed by atoms with Crippen molar-refractivity contribution in [3.05, 3.63) is 64.7 Å². The van der Waals surface area contributed by atoms with Crippen LogP contribution in [0.2, 0.25) is 0 Å². The fraction of sp³-hybridized carbons (Fsp3) is 0.500. The summed E-state index contributed by atoms with van der Waals surface area (Å²) in [6, 6.07) is 14.5. The quantitative estimate of drug-likeness (QED) is 0.654. The molecule has 6 heteroatoms. The summed E-state index contributed by atoms with van der Waals surface area (Å²) >= 11 is 0. The largest absolute Gasteiger partial charge is 0.481 e. The molecule has 1 saturated carbocycles. The van der Waals surface area contributed by atoms with Crippen molar-refractivity contribution in [3.8, 4) is 5.75 Å². The summed E-state index contributed by atoms with van der Waals surface area (Å²) in [7, 11) is 0. The van der Waals surface area contributed by atoms with Gasteiger partial charge in [-0.25, -0.2) is 0 Å². The number of benzene rings is 2.